The van der Waals surface area contributed by atoms with E-state index in [1.807, 2.05) is 6.92 Å². The monoisotopic (exact) mass is 264 g/mol. The summed E-state index contributed by atoms with van der Waals surface area (Å²) in [5.41, 5.74) is 3.73. The number of urea groups is 1. The van der Waals surface area contributed by atoms with Gasteiger partial charge in [0.1, 0.15) is 0 Å². The van der Waals surface area contributed by atoms with E-state index in [1.54, 1.807) is 0 Å². The number of amides is 2. The van der Waals surface area contributed by atoms with Gasteiger partial charge in [0.15, 0.2) is 0 Å². The van der Waals surface area contributed by atoms with E-state index in [9.17, 15) is 4.79 Å². The van der Waals surface area contributed by atoms with Gasteiger partial charge in [0.05, 0.1) is 0 Å². The Morgan fingerprint density at radius 2 is 1.89 bits per heavy atom. The fourth-order valence-electron chi connectivity index (χ4n) is 2.15. The van der Waals surface area contributed by atoms with Gasteiger partial charge >= 0.3 is 6.03 Å². The summed E-state index contributed by atoms with van der Waals surface area (Å²) in [5, 5.41) is 14.2. The number of hydrogen-bond acceptors (Lipinski definition) is 2. The van der Waals surface area contributed by atoms with Gasteiger partial charge in [-0.2, -0.15) is 0 Å². The molecule has 0 saturated carbocycles. The SMILES string of the molecule is Cc1cc(C)cc(C[C@H](C)NC(=O)NCCCO)c1. The molecule has 4 heteroatoms. The molecule has 1 rings (SSSR count). The van der Waals surface area contributed by atoms with E-state index in [2.05, 4.69) is 42.7 Å². The molecule has 19 heavy (non-hydrogen) atoms. The quantitative estimate of drug-likeness (QED) is 0.687. The van der Waals surface area contributed by atoms with Crippen molar-refractivity contribution in [1.29, 1.82) is 0 Å². The van der Waals surface area contributed by atoms with Crippen molar-refractivity contribution in [2.45, 2.75) is 39.7 Å². The molecule has 2 amide bonds. The number of hydrogen-bond donors (Lipinski definition) is 3. The van der Waals surface area contributed by atoms with Crippen molar-refractivity contribution in [3.8, 4) is 0 Å². The van der Waals surface area contributed by atoms with Gasteiger partial charge in [0, 0.05) is 19.2 Å². The van der Waals surface area contributed by atoms with E-state index in [1.165, 1.54) is 16.7 Å². The Kier molecular flexibility index (Phi) is 6.36. The van der Waals surface area contributed by atoms with Gasteiger partial charge in [-0.25, -0.2) is 4.79 Å². The molecule has 0 aliphatic carbocycles. The third-order valence-corrected chi connectivity index (χ3v) is 2.82. The third kappa shape index (κ3) is 6.25. The molecule has 1 atom stereocenters. The second kappa shape index (κ2) is 7.79. The molecule has 0 saturated heterocycles. The summed E-state index contributed by atoms with van der Waals surface area (Å²) in [4.78, 5) is 11.5. The zero-order chi connectivity index (χ0) is 14.3. The Labute approximate surface area is 115 Å². The Balaban J connectivity index is 2.41. The average Bonchev–Trinajstić information content (AvgIpc) is 2.27. The van der Waals surface area contributed by atoms with Crippen LogP contribution in [0.2, 0.25) is 0 Å². The van der Waals surface area contributed by atoms with E-state index in [4.69, 9.17) is 5.11 Å². The molecule has 0 fully saturated rings. The van der Waals surface area contributed by atoms with Gasteiger partial charge in [-0.15, -0.1) is 0 Å². The van der Waals surface area contributed by atoms with Gasteiger partial charge in [-0.3, -0.25) is 0 Å². The first-order chi connectivity index (χ1) is 9.01. The topological polar surface area (TPSA) is 61.4 Å². The molecule has 0 aliphatic rings. The fraction of sp³-hybridized carbons (Fsp3) is 0.533. The smallest absolute Gasteiger partial charge is 0.315 e. The predicted molar refractivity (Wildman–Crippen MR) is 77.3 cm³/mol. The number of aliphatic hydroxyl groups is 1. The lowest BCUT2D eigenvalue weighted by molar-refractivity contribution is 0.235. The second-order valence-electron chi connectivity index (χ2n) is 5.08. The van der Waals surface area contributed by atoms with Crippen LogP contribution in [0, 0.1) is 13.8 Å². The number of rotatable bonds is 6. The number of benzene rings is 1. The molecule has 0 aromatic heterocycles. The fourth-order valence-corrected chi connectivity index (χ4v) is 2.15. The van der Waals surface area contributed by atoms with Crippen molar-refractivity contribution in [2.24, 2.45) is 0 Å². The summed E-state index contributed by atoms with van der Waals surface area (Å²) in [6.45, 7) is 6.74. The minimum absolute atomic E-state index is 0.0790. The highest BCUT2D eigenvalue weighted by molar-refractivity contribution is 5.74. The normalized spacial score (nSPS) is 12.0. The van der Waals surface area contributed by atoms with Crippen LogP contribution in [0.4, 0.5) is 4.79 Å². The molecular weight excluding hydrogens is 240 g/mol. The van der Waals surface area contributed by atoms with Crippen LogP contribution in [-0.2, 0) is 6.42 Å². The van der Waals surface area contributed by atoms with Crippen molar-refractivity contribution >= 4 is 6.03 Å². The molecule has 3 N–H and O–H groups in total. The van der Waals surface area contributed by atoms with Crippen LogP contribution in [0.1, 0.15) is 30.0 Å². The first kappa shape index (κ1) is 15.5. The molecule has 4 nitrogen and oxygen atoms in total. The number of carbonyl (C=O) groups is 1. The standard InChI is InChI=1S/C15H24N2O2/c1-11-7-12(2)9-14(8-11)10-13(3)17-15(19)16-5-4-6-18/h7-9,13,18H,4-6,10H2,1-3H3,(H2,16,17,19)/t13-/m0/s1. The molecule has 0 aliphatic heterocycles. The van der Waals surface area contributed by atoms with Gasteiger partial charge < -0.3 is 15.7 Å². The summed E-state index contributed by atoms with van der Waals surface area (Å²) in [6, 6.07) is 6.34. The lowest BCUT2D eigenvalue weighted by Gasteiger charge is -2.15. The number of aryl methyl sites for hydroxylation is 2. The lowest BCUT2D eigenvalue weighted by atomic mass is 10.0. The summed E-state index contributed by atoms with van der Waals surface area (Å²) in [5.74, 6) is 0. The molecule has 1 aromatic rings. The van der Waals surface area contributed by atoms with Crippen molar-refractivity contribution in [2.75, 3.05) is 13.2 Å². The lowest BCUT2D eigenvalue weighted by Crippen LogP contribution is -2.42. The summed E-state index contributed by atoms with van der Waals surface area (Å²) < 4.78 is 0. The maximum absolute atomic E-state index is 11.5. The van der Waals surface area contributed by atoms with Crippen LogP contribution in [0.15, 0.2) is 18.2 Å². The van der Waals surface area contributed by atoms with Crippen molar-refractivity contribution in [3.05, 3.63) is 34.9 Å². The summed E-state index contributed by atoms with van der Waals surface area (Å²) in [6.07, 6.45) is 1.40. The van der Waals surface area contributed by atoms with Crippen LogP contribution < -0.4 is 10.6 Å². The highest BCUT2D eigenvalue weighted by Gasteiger charge is 2.08. The first-order valence-corrected chi connectivity index (χ1v) is 6.73. The van der Waals surface area contributed by atoms with Gasteiger partial charge in [-0.05, 0) is 39.2 Å². The van der Waals surface area contributed by atoms with Gasteiger partial charge in [0.2, 0.25) is 0 Å². The third-order valence-electron chi connectivity index (χ3n) is 2.82. The number of carbonyl (C=O) groups excluding carboxylic acids is 1. The average molecular weight is 264 g/mol. The predicted octanol–water partition coefficient (Wildman–Crippen LogP) is 1.92. The Hall–Kier alpha value is -1.55. The minimum Gasteiger partial charge on any atom is -0.396 e. The maximum atomic E-state index is 11.5. The highest BCUT2D eigenvalue weighted by atomic mass is 16.3. The van der Waals surface area contributed by atoms with E-state index in [0.29, 0.717) is 13.0 Å². The van der Waals surface area contributed by atoms with E-state index in [0.717, 1.165) is 6.42 Å². The van der Waals surface area contributed by atoms with Crippen LogP contribution >= 0.6 is 0 Å². The van der Waals surface area contributed by atoms with E-state index < -0.39 is 0 Å². The van der Waals surface area contributed by atoms with Crippen LogP contribution in [0.5, 0.6) is 0 Å². The minimum atomic E-state index is -0.176. The van der Waals surface area contributed by atoms with E-state index in [-0.39, 0.29) is 18.7 Å². The Morgan fingerprint density at radius 1 is 1.26 bits per heavy atom. The zero-order valence-corrected chi connectivity index (χ0v) is 12.0. The molecule has 0 unspecified atom stereocenters. The molecular formula is C15H24N2O2. The summed E-state index contributed by atoms with van der Waals surface area (Å²) in [7, 11) is 0. The van der Waals surface area contributed by atoms with Crippen LogP contribution in [-0.4, -0.2) is 30.3 Å². The van der Waals surface area contributed by atoms with Crippen LogP contribution in [0.3, 0.4) is 0 Å². The maximum Gasteiger partial charge on any atom is 0.315 e. The van der Waals surface area contributed by atoms with Gasteiger partial charge in [-0.1, -0.05) is 29.3 Å². The number of aliphatic hydroxyl groups excluding tert-OH is 1. The Bertz CT molecular complexity index is 398. The van der Waals surface area contributed by atoms with Gasteiger partial charge in [0.25, 0.3) is 0 Å². The molecule has 106 valence electrons. The zero-order valence-electron chi connectivity index (χ0n) is 12.0. The molecule has 0 bridgehead atoms. The van der Waals surface area contributed by atoms with Crippen molar-refractivity contribution < 1.29 is 9.90 Å². The molecule has 0 spiro atoms. The highest BCUT2D eigenvalue weighted by Crippen LogP contribution is 2.10. The van der Waals surface area contributed by atoms with E-state index >= 15 is 0 Å². The number of nitrogens with one attached hydrogen (secondary N) is 2. The van der Waals surface area contributed by atoms with Crippen molar-refractivity contribution in [1.82, 2.24) is 10.6 Å². The van der Waals surface area contributed by atoms with Crippen molar-refractivity contribution in [3.63, 3.8) is 0 Å². The first-order valence-electron chi connectivity index (χ1n) is 6.73. The second-order valence-corrected chi connectivity index (χ2v) is 5.08. The largest absolute Gasteiger partial charge is 0.396 e. The van der Waals surface area contributed by atoms with Crippen LogP contribution in [0.25, 0.3) is 0 Å². The molecule has 0 radical (unpaired) electrons. The molecule has 0 heterocycles. The molecule has 1 aromatic carbocycles. The summed E-state index contributed by atoms with van der Waals surface area (Å²) >= 11 is 0. The Morgan fingerprint density at radius 3 is 2.47 bits per heavy atom.